The largest absolute Gasteiger partial charge is 0.396 e. The topological polar surface area (TPSA) is 116 Å². The summed E-state index contributed by atoms with van der Waals surface area (Å²) in [7, 11) is -2.39. The fraction of sp³-hybridized carbons (Fsp3) is 0.125. The van der Waals surface area contributed by atoms with Crippen molar-refractivity contribution < 1.29 is 8.42 Å². The Balaban J connectivity index is 2.43. The highest BCUT2D eigenvalue weighted by Gasteiger charge is 2.24. The molecule has 2 aromatic rings. The molecule has 0 saturated heterocycles. The SMILES string of the molecule is Cn1nnc(Br)c1S(=O)(=O)Nc1ncccc1N. The van der Waals surface area contributed by atoms with Gasteiger partial charge in [-0.3, -0.25) is 4.72 Å². The number of nitrogens with zero attached hydrogens (tertiary/aromatic N) is 4. The summed E-state index contributed by atoms with van der Waals surface area (Å²) in [4.78, 5) is 3.85. The molecule has 0 saturated carbocycles. The molecule has 0 spiro atoms. The maximum atomic E-state index is 12.1. The van der Waals surface area contributed by atoms with Gasteiger partial charge in [0.1, 0.15) is 0 Å². The fourth-order valence-electron chi connectivity index (χ4n) is 1.29. The highest BCUT2D eigenvalue weighted by Crippen LogP contribution is 2.22. The first-order valence-electron chi connectivity index (χ1n) is 4.70. The van der Waals surface area contributed by atoms with E-state index in [0.717, 1.165) is 4.68 Å². The van der Waals surface area contributed by atoms with Gasteiger partial charge < -0.3 is 5.73 Å². The van der Waals surface area contributed by atoms with E-state index in [-0.39, 0.29) is 21.1 Å². The molecular weight excluding hydrogens is 324 g/mol. The van der Waals surface area contributed by atoms with Crippen LogP contribution in [0.1, 0.15) is 0 Å². The van der Waals surface area contributed by atoms with E-state index < -0.39 is 10.0 Å². The summed E-state index contributed by atoms with van der Waals surface area (Å²) in [5.41, 5.74) is 5.85. The normalized spacial score (nSPS) is 11.4. The van der Waals surface area contributed by atoms with Gasteiger partial charge in [-0.1, -0.05) is 5.21 Å². The van der Waals surface area contributed by atoms with Crippen molar-refractivity contribution >= 4 is 37.5 Å². The Morgan fingerprint density at radius 1 is 1.50 bits per heavy atom. The minimum absolute atomic E-state index is 0.0607. The smallest absolute Gasteiger partial charge is 0.283 e. The van der Waals surface area contributed by atoms with Gasteiger partial charge in [0.15, 0.2) is 10.4 Å². The van der Waals surface area contributed by atoms with Gasteiger partial charge in [0.2, 0.25) is 5.03 Å². The van der Waals surface area contributed by atoms with E-state index in [2.05, 4.69) is 35.9 Å². The summed E-state index contributed by atoms with van der Waals surface area (Å²) in [5, 5.41) is 7.10. The van der Waals surface area contributed by atoms with Crippen molar-refractivity contribution in [1.29, 1.82) is 0 Å². The van der Waals surface area contributed by atoms with E-state index in [1.54, 1.807) is 12.1 Å². The molecule has 18 heavy (non-hydrogen) atoms. The maximum absolute atomic E-state index is 12.1. The van der Waals surface area contributed by atoms with E-state index >= 15 is 0 Å². The lowest BCUT2D eigenvalue weighted by molar-refractivity contribution is 0.578. The Labute approximate surface area is 111 Å². The molecule has 0 aliphatic carbocycles. The molecule has 0 aliphatic rings. The van der Waals surface area contributed by atoms with Crippen molar-refractivity contribution in [3.05, 3.63) is 22.9 Å². The summed E-state index contributed by atoms with van der Waals surface area (Å²) in [6, 6.07) is 3.15. The molecule has 2 rings (SSSR count). The maximum Gasteiger partial charge on any atom is 0.283 e. The van der Waals surface area contributed by atoms with Crippen molar-refractivity contribution in [2.75, 3.05) is 10.5 Å². The van der Waals surface area contributed by atoms with Crippen LogP contribution in [0, 0.1) is 0 Å². The fourth-order valence-corrected chi connectivity index (χ4v) is 3.42. The van der Waals surface area contributed by atoms with Gasteiger partial charge in [-0.2, -0.15) is 8.42 Å². The first kappa shape index (κ1) is 12.8. The summed E-state index contributed by atoms with van der Waals surface area (Å²) < 4.78 is 27.8. The van der Waals surface area contributed by atoms with Crippen LogP contribution in [-0.4, -0.2) is 28.4 Å². The lowest BCUT2D eigenvalue weighted by atomic mass is 10.4. The number of hydrogen-bond acceptors (Lipinski definition) is 6. The standard InChI is InChI=1S/C8H9BrN6O2S/c1-15-8(6(9)12-14-15)18(16,17)13-7-5(10)3-2-4-11-7/h2-4H,10H2,1H3,(H,11,13). The number of aromatic nitrogens is 4. The number of anilines is 2. The molecule has 2 aromatic heterocycles. The van der Waals surface area contributed by atoms with Crippen LogP contribution in [-0.2, 0) is 17.1 Å². The number of rotatable bonds is 3. The molecule has 0 amide bonds. The summed E-state index contributed by atoms with van der Waals surface area (Å²) >= 11 is 3.02. The molecule has 3 N–H and O–H groups in total. The number of nitrogen functional groups attached to an aromatic ring is 1. The monoisotopic (exact) mass is 332 g/mol. The van der Waals surface area contributed by atoms with Crippen molar-refractivity contribution in [3.63, 3.8) is 0 Å². The Morgan fingerprint density at radius 3 is 2.78 bits per heavy atom. The average Bonchev–Trinajstić information content (AvgIpc) is 2.62. The number of nitrogens with one attached hydrogen (secondary N) is 1. The first-order chi connectivity index (χ1) is 8.42. The van der Waals surface area contributed by atoms with Crippen LogP contribution < -0.4 is 10.5 Å². The zero-order valence-electron chi connectivity index (χ0n) is 9.20. The van der Waals surface area contributed by atoms with Crippen molar-refractivity contribution in [2.24, 2.45) is 7.05 Å². The number of hydrogen-bond donors (Lipinski definition) is 2. The van der Waals surface area contributed by atoms with Crippen LogP contribution >= 0.6 is 15.9 Å². The number of sulfonamides is 1. The molecule has 2 heterocycles. The zero-order valence-corrected chi connectivity index (χ0v) is 11.6. The van der Waals surface area contributed by atoms with Crippen LogP contribution in [0.4, 0.5) is 11.5 Å². The highest BCUT2D eigenvalue weighted by molar-refractivity contribution is 9.10. The van der Waals surface area contributed by atoms with Gasteiger partial charge >= 0.3 is 0 Å². The molecule has 0 aromatic carbocycles. The molecule has 0 radical (unpaired) electrons. The molecule has 10 heteroatoms. The van der Waals surface area contributed by atoms with E-state index in [1.807, 2.05) is 0 Å². The third kappa shape index (κ3) is 2.29. The van der Waals surface area contributed by atoms with Crippen LogP contribution in [0.5, 0.6) is 0 Å². The van der Waals surface area contributed by atoms with Gasteiger partial charge in [-0.05, 0) is 28.1 Å². The Morgan fingerprint density at radius 2 is 2.22 bits per heavy atom. The lowest BCUT2D eigenvalue weighted by Crippen LogP contribution is -2.18. The average molecular weight is 333 g/mol. The summed E-state index contributed by atoms with van der Waals surface area (Å²) in [5.74, 6) is 0.0607. The molecule has 0 fully saturated rings. The number of pyridine rings is 1. The summed E-state index contributed by atoms with van der Waals surface area (Å²) in [6.07, 6.45) is 1.44. The summed E-state index contributed by atoms with van der Waals surface area (Å²) in [6.45, 7) is 0. The van der Waals surface area contributed by atoms with Crippen molar-refractivity contribution in [1.82, 2.24) is 20.0 Å². The second kappa shape index (κ2) is 4.53. The van der Waals surface area contributed by atoms with Crippen molar-refractivity contribution in [2.45, 2.75) is 5.03 Å². The molecule has 96 valence electrons. The van der Waals surface area contributed by atoms with Crippen LogP contribution in [0.3, 0.4) is 0 Å². The third-order valence-electron chi connectivity index (χ3n) is 2.06. The Bertz CT molecular complexity index is 663. The van der Waals surface area contributed by atoms with Gasteiger partial charge in [-0.15, -0.1) is 5.10 Å². The predicted molar refractivity (Wildman–Crippen MR) is 68.2 cm³/mol. The Kier molecular flexibility index (Phi) is 3.22. The predicted octanol–water partition coefficient (Wildman–Crippen LogP) is 0.356. The zero-order chi connectivity index (χ0) is 13.3. The first-order valence-corrected chi connectivity index (χ1v) is 6.98. The second-order valence-corrected chi connectivity index (χ2v) is 5.70. The van der Waals surface area contributed by atoms with Gasteiger partial charge in [0.25, 0.3) is 10.0 Å². The van der Waals surface area contributed by atoms with E-state index in [1.165, 1.54) is 13.2 Å². The van der Waals surface area contributed by atoms with Gasteiger partial charge in [0.05, 0.1) is 5.69 Å². The quantitative estimate of drug-likeness (QED) is 0.838. The second-order valence-electron chi connectivity index (χ2n) is 3.36. The number of aryl methyl sites for hydroxylation is 1. The number of halogens is 1. The van der Waals surface area contributed by atoms with E-state index in [9.17, 15) is 8.42 Å². The van der Waals surface area contributed by atoms with Crippen LogP contribution in [0.15, 0.2) is 28.0 Å². The molecule has 8 nitrogen and oxygen atoms in total. The van der Waals surface area contributed by atoms with Gasteiger partial charge in [-0.25, -0.2) is 9.67 Å². The van der Waals surface area contributed by atoms with E-state index in [0.29, 0.717) is 0 Å². The lowest BCUT2D eigenvalue weighted by Gasteiger charge is -2.08. The molecule has 0 unspecified atom stereocenters. The molecule has 0 aliphatic heterocycles. The van der Waals surface area contributed by atoms with Gasteiger partial charge in [0, 0.05) is 13.2 Å². The van der Waals surface area contributed by atoms with Crippen LogP contribution in [0.2, 0.25) is 0 Å². The highest BCUT2D eigenvalue weighted by atomic mass is 79.9. The molecular formula is C8H9BrN6O2S. The van der Waals surface area contributed by atoms with Crippen LogP contribution in [0.25, 0.3) is 0 Å². The van der Waals surface area contributed by atoms with Crippen molar-refractivity contribution in [3.8, 4) is 0 Å². The third-order valence-corrected chi connectivity index (χ3v) is 4.29. The minimum Gasteiger partial charge on any atom is -0.396 e. The molecule has 0 bridgehead atoms. The number of nitrogens with two attached hydrogens (primary N) is 1. The van der Waals surface area contributed by atoms with E-state index in [4.69, 9.17) is 5.73 Å². The molecule has 0 atom stereocenters. The Hall–Kier alpha value is -1.68. The minimum atomic E-state index is -3.86.